The molecule has 0 radical (unpaired) electrons. The number of benzene rings is 2. The number of thiazole rings is 1. The minimum Gasteiger partial charge on any atom is -0.494 e. The molecule has 8 nitrogen and oxygen atoms in total. The first-order chi connectivity index (χ1) is 14.5. The highest BCUT2D eigenvalue weighted by Crippen LogP contribution is 2.27. The van der Waals surface area contributed by atoms with Crippen LogP contribution in [-0.4, -0.2) is 40.2 Å². The zero-order valence-electron chi connectivity index (χ0n) is 16.2. The number of hydrogen-bond donors (Lipinski definition) is 0. The zero-order chi connectivity index (χ0) is 21.0. The monoisotopic (exact) mass is 441 g/mol. The van der Waals surface area contributed by atoms with Gasteiger partial charge in [0.2, 0.25) is 0 Å². The lowest BCUT2D eigenvalue weighted by Crippen LogP contribution is -2.13. The molecule has 0 spiro atoms. The van der Waals surface area contributed by atoms with Crippen molar-refractivity contribution in [2.45, 2.75) is 18.4 Å². The normalized spacial score (nSPS) is 11.5. The molecule has 0 N–H and O–H groups in total. The molecular formula is C20H19N5O3S2. The van der Waals surface area contributed by atoms with Gasteiger partial charge in [-0.25, -0.2) is 13.4 Å². The number of hydrogen-bond acceptors (Lipinski definition) is 8. The first-order valence-corrected chi connectivity index (χ1v) is 11.9. The van der Waals surface area contributed by atoms with Gasteiger partial charge in [0.1, 0.15) is 16.5 Å². The van der Waals surface area contributed by atoms with Crippen molar-refractivity contribution >= 4 is 21.2 Å². The summed E-state index contributed by atoms with van der Waals surface area (Å²) in [5, 5.41) is 14.0. The third kappa shape index (κ3) is 4.71. The third-order valence-corrected chi connectivity index (χ3v) is 6.59. The van der Waals surface area contributed by atoms with Gasteiger partial charge in [-0.3, -0.25) is 0 Å². The molecular weight excluding hydrogens is 422 g/mol. The molecule has 0 unspecified atom stereocenters. The van der Waals surface area contributed by atoms with E-state index in [0.29, 0.717) is 18.0 Å². The summed E-state index contributed by atoms with van der Waals surface area (Å²) in [5.41, 5.74) is 2.13. The SMILES string of the molecule is CCOc1ccc(-c2nc(CS(=O)(=O)Cc3nnnn3-c3ccccc3)cs2)cc1. The fourth-order valence-corrected chi connectivity index (χ4v) is 5.11. The Balaban J connectivity index is 1.48. The van der Waals surface area contributed by atoms with Gasteiger partial charge in [0.05, 0.1) is 23.7 Å². The van der Waals surface area contributed by atoms with E-state index in [4.69, 9.17) is 4.74 Å². The van der Waals surface area contributed by atoms with Crippen LogP contribution in [0.15, 0.2) is 60.0 Å². The molecule has 10 heteroatoms. The Bertz CT molecular complexity index is 1220. The molecule has 0 bridgehead atoms. The second kappa shape index (κ2) is 8.72. The first-order valence-electron chi connectivity index (χ1n) is 9.25. The average Bonchev–Trinajstić information content (AvgIpc) is 3.38. The van der Waals surface area contributed by atoms with Crippen LogP contribution in [0.4, 0.5) is 0 Å². The van der Waals surface area contributed by atoms with Gasteiger partial charge in [0, 0.05) is 10.9 Å². The zero-order valence-corrected chi connectivity index (χ0v) is 17.8. The van der Waals surface area contributed by atoms with Crippen molar-refractivity contribution in [3.63, 3.8) is 0 Å². The van der Waals surface area contributed by atoms with E-state index < -0.39 is 9.84 Å². The van der Waals surface area contributed by atoms with Crippen molar-refractivity contribution in [1.82, 2.24) is 25.2 Å². The summed E-state index contributed by atoms with van der Waals surface area (Å²) in [6.45, 7) is 2.53. The molecule has 4 aromatic rings. The summed E-state index contributed by atoms with van der Waals surface area (Å²) in [6.07, 6.45) is 0. The van der Waals surface area contributed by atoms with Crippen LogP contribution in [0.3, 0.4) is 0 Å². The van der Waals surface area contributed by atoms with E-state index >= 15 is 0 Å². The van der Waals surface area contributed by atoms with Crippen LogP contribution in [0.25, 0.3) is 16.3 Å². The number of nitrogens with zero attached hydrogens (tertiary/aromatic N) is 5. The van der Waals surface area contributed by atoms with Gasteiger partial charge < -0.3 is 4.74 Å². The molecule has 2 aromatic heterocycles. The minimum absolute atomic E-state index is 0.178. The molecule has 0 atom stereocenters. The summed E-state index contributed by atoms with van der Waals surface area (Å²) >= 11 is 1.41. The van der Waals surface area contributed by atoms with Crippen LogP contribution < -0.4 is 4.74 Å². The summed E-state index contributed by atoms with van der Waals surface area (Å²) < 4.78 is 32.4. The van der Waals surface area contributed by atoms with E-state index in [1.165, 1.54) is 16.0 Å². The first kappa shape index (κ1) is 20.2. The van der Waals surface area contributed by atoms with Crippen molar-refractivity contribution in [2.75, 3.05) is 6.61 Å². The largest absolute Gasteiger partial charge is 0.494 e. The van der Waals surface area contributed by atoms with Crippen molar-refractivity contribution in [3.8, 4) is 22.0 Å². The van der Waals surface area contributed by atoms with E-state index in [1.807, 2.05) is 61.5 Å². The van der Waals surface area contributed by atoms with E-state index in [-0.39, 0.29) is 17.3 Å². The van der Waals surface area contributed by atoms with Gasteiger partial charge in [0.25, 0.3) is 0 Å². The highest BCUT2D eigenvalue weighted by atomic mass is 32.2. The maximum Gasteiger partial charge on any atom is 0.171 e. The van der Waals surface area contributed by atoms with Gasteiger partial charge in [-0.2, -0.15) is 4.68 Å². The number of para-hydroxylation sites is 1. The molecule has 30 heavy (non-hydrogen) atoms. The van der Waals surface area contributed by atoms with Crippen molar-refractivity contribution < 1.29 is 13.2 Å². The third-order valence-electron chi connectivity index (χ3n) is 4.22. The summed E-state index contributed by atoms with van der Waals surface area (Å²) in [5.74, 6) is 0.604. The van der Waals surface area contributed by atoms with Gasteiger partial charge >= 0.3 is 0 Å². The van der Waals surface area contributed by atoms with Gasteiger partial charge in [0.15, 0.2) is 15.7 Å². The number of aromatic nitrogens is 5. The van der Waals surface area contributed by atoms with Crippen LogP contribution in [0.1, 0.15) is 18.4 Å². The van der Waals surface area contributed by atoms with Crippen LogP contribution >= 0.6 is 11.3 Å². The molecule has 0 amide bonds. The number of tetrazole rings is 1. The lowest BCUT2D eigenvalue weighted by Gasteiger charge is -2.05. The predicted octanol–water partition coefficient (Wildman–Crippen LogP) is 3.30. The van der Waals surface area contributed by atoms with Gasteiger partial charge in [-0.1, -0.05) is 18.2 Å². The topological polar surface area (TPSA) is 99.9 Å². The molecule has 2 aromatic carbocycles. The molecule has 2 heterocycles. The minimum atomic E-state index is -3.51. The maximum atomic E-state index is 12.8. The molecule has 0 aliphatic heterocycles. The van der Waals surface area contributed by atoms with Crippen LogP contribution in [0, 0.1) is 0 Å². The maximum absolute atomic E-state index is 12.8. The van der Waals surface area contributed by atoms with Crippen LogP contribution in [0.5, 0.6) is 5.75 Å². The molecule has 154 valence electrons. The smallest absolute Gasteiger partial charge is 0.171 e. The van der Waals surface area contributed by atoms with E-state index in [2.05, 4.69) is 20.5 Å². The Morgan fingerprint density at radius 2 is 1.80 bits per heavy atom. The van der Waals surface area contributed by atoms with Crippen LogP contribution in [-0.2, 0) is 21.3 Å². The summed E-state index contributed by atoms with van der Waals surface area (Å²) in [7, 11) is -3.51. The second-order valence-corrected chi connectivity index (χ2v) is 9.40. The van der Waals surface area contributed by atoms with Crippen LogP contribution in [0.2, 0.25) is 0 Å². The fourth-order valence-electron chi connectivity index (χ4n) is 2.90. The highest BCUT2D eigenvalue weighted by molar-refractivity contribution is 7.89. The highest BCUT2D eigenvalue weighted by Gasteiger charge is 2.20. The molecule has 0 saturated carbocycles. The number of ether oxygens (including phenoxy) is 1. The number of sulfone groups is 1. The van der Waals surface area contributed by atoms with E-state index in [1.54, 1.807) is 5.38 Å². The van der Waals surface area contributed by atoms with Crippen molar-refractivity contribution in [3.05, 3.63) is 71.5 Å². The quantitative estimate of drug-likeness (QED) is 0.413. The molecule has 4 rings (SSSR count). The Hall–Kier alpha value is -3.11. The Morgan fingerprint density at radius 1 is 1.03 bits per heavy atom. The Morgan fingerprint density at radius 3 is 2.53 bits per heavy atom. The van der Waals surface area contributed by atoms with E-state index in [9.17, 15) is 8.42 Å². The fraction of sp³-hybridized carbons (Fsp3) is 0.200. The average molecular weight is 442 g/mol. The lowest BCUT2D eigenvalue weighted by atomic mass is 10.2. The standard InChI is InChI=1S/C20H19N5O3S2/c1-2-28-18-10-8-15(9-11-18)20-21-16(12-29-20)13-30(26,27)14-19-22-23-24-25(19)17-6-4-3-5-7-17/h3-12H,2,13-14H2,1H3. The van der Waals surface area contributed by atoms with Crippen molar-refractivity contribution in [2.24, 2.45) is 0 Å². The number of rotatable bonds is 8. The van der Waals surface area contributed by atoms with Gasteiger partial charge in [-0.05, 0) is 53.7 Å². The summed E-state index contributed by atoms with van der Waals surface area (Å²) in [6, 6.07) is 16.8. The summed E-state index contributed by atoms with van der Waals surface area (Å²) in [4.78, 5) is 4.49. The Labute approximate surface area is 178 Å². The van der Waals surface area contributed by atoms with Crippen molar-refractivity contribution in [1.29, 1.82) is 0 Å². The second-order valence-electron chi connectivity index (χ2n) is 6.48. The van der Waals surface area contributed by atoms with Gasteiger partial charge in [-0.15, -0.1) is 16.4 Å². The Kier molecular flexibility index (Phi) is 5.86. The van der Waals surface area contributed by atoms with E-state index in [0.717, 1.165) is 16.3 Å². The predicted molar refractivity (Wildman–Crippen MR) is 114 cm³/mol. The molecule has 0 aliphatic carbocycles. The molecule has 0 saturated heterocycles. The molecule has 0 aliphatic rings. The lowest BCUT2D eigenvalue weighted by molar-refractivity contribution is 0.340. The molecule has 0 fully saturated rings.